The van der Waals surface area contributed by atoms with E-state index in [1.807, 2.05) is 22.9 Å². The molecule has 0 unspecified atom stereocenters. The SMILES string of the molecule is O[C@@H]1C[C@H]2CN(CCn3cncn3)C[C@H]2C[C@H]1Oc1ccc2c(c1)OCO2. The van der Waals surface area contributed by atoms with Crippen molar-refractivity contribution in [1.82, 2.24) is 19.7 Å². The predicted molar refractivity (Wildman–Crippen MR) is 95.7 cm³/mol. The number of hydrogen-bond acceptors (Lipinski definition) is 7. The number of rotatable bonds is 5. The van der Waals surface area contributed by atoms with Crippen molar-refractivity contribution in [2.75, 3.05) is 26.4 Å². The third kappa shape index (κ3) is 3.46. The summed E-state index contributed by atoms with van der Waals surface area (Å²) in [6.45, 7) is 4.14. The largest absolute Gasteiger partial charge is 0.488 e. The summed E-state index contributed by atoms with van der Waals surface area (Å²) in [4.78, 5) is 6.45. The van der Waals surface area contributed by atoms with E-state index in [4.69, 9.17) is 14.2 Å². The maximum Gasteiger partial charge on any atom is 0.231 e. The highest BCUT2D eigenvalue weighted by molar-refractivity contribution is 5.46. The van der Waals surface area contributed by atoms with E-state index in [9.17, 15) is 5.11 Å². The molecule has 1 aromatic carbocycles. The van der Waals surface area contributed by atoms with Crippen molar-refractivity contribution in [3.05, 3.63) is 30.9 Å². The van der Waals surface area contributed by atoms with Crippen molar-refractivity contribution in [2.45, 2.75) is 31.6 Å². The van der Waals surface area contributed by atoms with Gasteiger partial charge in [0, 0.05) is 25.7 Å². The lowest BCUT2D eigenvalue weighted by molar-refractivity contribution is -0.0232. The number of aliphatic hydroxyl groups excluding tert-OH is 1. The Morgan fingerprint density at radius 2 is 1.96 bits per heavy atom. The van der Waals surface area contributed by atoms with Crippen LogP contribution in [0.1, 0.15) is 12.8 Å². The molecule has 1 saturated heterocycles. The Morgan fingerprint density at radius 1 is 1.11 bits per heavy atom. The van der Waals surface area contributed by atoms with Crippen molar-refractivity contribution in [3.8, 4) is 17.2 Å². The van der Waals surface area contributed by atoms with Crippen molar-refractivity contribution in [1.29, 1.82) is 0 Å². The summed E-state index contributed by atoms with van der Waals surface area (Å²) >= 11 is 0. The van der Waals surface area contributed by atoms with Crippen LogP contribution in [0.3, 0.4) is 0 Å². The van der Waals surface area contributed by atoms with Crippen LogP contribution in [0.2, 0.25) is 0 Å². The second kappa shape index (κ2) is 7.01. The minimum Gasteiger partial charge on any atom is -0.488 e. The minimum absolute atomic E-state index is 0.179. The molecule has 27 heavy (non-hydrogen) atoms. The number of benzene rings is 1. The molecular formula is C19H24N4O4. The van der Waals surface area contributed by atoms with Crippen LogP contribution in [0.25, 0.3) is 0 Å². The number of hydrogen-bond donors (Lipinski definition) is 1. The van der Waals surface area contributed by atoms with Crippen molar-refractivity contribution in [2.24, 2.45) is 11.8 Å². The summed E-state index contributed by atoms with van der Waals surface area (Å²) in [6.07, 6.45) is 4.37. The number of fused-ring (bicyclic) bond motifs is 2. The van der Waals surface area contributed by atoms with Gasteiger partial charge in [-0.3, -0.25) is 4.68 Å². The van der Waals surface area contributed by atoms with Gasteiger partial charge in [0.1, 0.15) is 24.5 Å². The van der Waals surface area contributed by atoms with Crippen LogP contribution in [0.5, 0.6) is 17.2 Å². The summed E-state index contributed by atoms with van der Waals surface area (Å²) < 4.78 is 18.7. The number of aromatic nitrogens is 3. The number of likely N-dealkylation sites (tertiary alicyclic amines) is 1. The molecular weight excluding hydrogens is 348 g/mol. The molecule has 4 atom stereocenters. The zero-order valence-corrected chi connectivity index (χ0v) is 15.1. The summed E-state index contributed by atoms with van der Waals surface area (Å²) in [5.74, 6) is 3.26. The second-order valence-electron chi connectivity index (χ2n) is 7.65. The Kier molecular flexibility index (Phi) is 4.37. The maximum atomic E-state index is 10.6. The molecule has 1 N–H and O–H groups in total. The van der Waals surface area contributed by atoms with Crippen molar-refractivity contribution in [3.63, 3.8) is 0 Å². The van der Waals surface area contributed by atoms with E-state index >= 15 is 0 Å². The van der Waals surface area contributed by atoms with Crippen LogP contribution in [-0.2, 0) is 6.54 Å². The molecule has 3 heterocycles. The highest BCUT2D eigenvalue weighted by Crippen LogP contribution is 2.40. The molecule has 144 valence electrons. The molecule has 2 aliphatic heterocycles. The van der Waals surface area contributed by atoms with E-state index in [0.717, 1.165) is 50.5 Å². The number of aliphatic hydroxyl groups is 1. The summed E-state index contributed by atoms with van der Waals surface area (Å²) in [6, 6.07) is 5.59. The maximum absolute atomic E-state index is 10.6. The molecule has 3 aliphatic rings. The lowest BCUT2D eigenvalue weighted by Crippen LogP contribution is -2.42. The monoisotopic (exact) mass is 372 g/mol. The van der Waals surface area contributed by atoms with Gasteiger partial charge < -0.3 is 24.2 Å². The van der Waals surface area contributed by atoms with Crippen LogP contribution in [0.15, 0.2) is 30.9 Å². The second-order valence-corrected chi connectivity index (χ2v) is 7.65. The molecule has 5 rings (SSSR count). The van der Waals surface area contributed by atoms with Gasteiger partial charge in [0.15, 0.2) is 11.5 Å². The van der Waals surface area contributed by atoms with Gasteiger partial charge in [-0.1, -0.05) is 0 Å². The molecule has 1 aliphatic carbocycles. The molecule has 1 saturated carbocycles. The van der Waals surface area contributed by atoms with E-state index in [1.54, 1.807) is 12.7 Å². The Hall–Kier alpha value is -2.32. The quantitative estimate of drug-likeness (QED) is 0.843. The fourth-order valence-corrected chi connectivity index (χ4v) is 4.51. The standard InChI is InChI=1S/C19H24N4O4/c24-16-5-13-8-22(3-4-23-11-20-10-21-23)9-14(13)6-18(16)27-15-1-2-17-19(7-15)26-12-25-17/h1-2,7,10-11,13-14,16,18,24H,3-6,8-9,12H2/t13-,14+,16+,18+/m0/s1. The first-order valence-electron chi connectivity index (χ1n) is 9.54. The van der Waals surface area contributed by atoms with E-state index in [0.29, 0.717) is 17.6 Å². The van der Waals surface area contributed by atoms with Crippen molar-refractivity contribution >= 4 is 0 Å². The van der Waals surface area contributed by atoms with Gasteiger partial charge >= 0.3 is 0 Å². The Labute approximate surface area is 157 Å². The molecule has 0 bridgehead atoms. The summed E-state index contributed by atoms with van der Waals surface area (Å²) in [5, 5.41) is 14.8. The van der Waals surface area contributed by atoms with E-state index in [2.05, 4.69) is 15.0 Å². The van der Waals surface area contributed by atoms with E-state index in [1.165, 1.54) is 0 Å². The smallest absolute Gasteiger partial charge is 0.231 e. The number of ether oxygens (including phenoxy) is 3. The van der Waals surface area contributed by atoms with Gasteiger partial charge in [-0.25, -0.2) is 4.98 Å². The van der Waals surface area contributed by atoms with Crippen LogP contribution < -0.4 is 14.2 Å². The molecule has 8 nitrogen and oxygen atoms in total. The predicted octanol–water partition coefficient (Wildman–Crippen LogP) is 1.16. The van der Waals surface area contributed by atoms with Gasteiger partial charge in [0.2, 0.25) is 6.79 Å². The first-order chi connectivity index (χ1) is 13.2. The highest BCUT2D eigenvalue weighted by atomic mass is 16.7. The summed E-state index contributed by atoms with van der Waals surface area (Å²) in [7, 11) is 0. The molecule has 2 aromatic rings. The Morgan fingerprint density at radius 3 is 2.81 bits per heavy atom. The number of nitrogens with zero attached hydrogens (tertiary/aromatic N) is 4. The first-order valence-corrected chi connectivity index (χ1v) is 9.54. The third-order valence-electron chi connectivity index (χ3n) is 5.90. The minimum atomic E-state index is -0.438. The average molecular weight is 372 g/mol. The molecule has 1 aromatic heterocycles. The normalized spacial score (nSPS) is 29.7. The molecule has 0 spiro atoms. The topological polar surface area (TPSA) is 81.9 Å². The van der Waals surface area contributed by atoms with Crippen LogP contribution in [0, 0.1) is 11.8 Å². The first kappa shape index (κ1) is 16.8. The van der Waals surface area contributed by atoms with Gasteiger partial charge in [-0.05, 0) is 36.8 Å². The van der Waals surface area contributed by atoms with Crippen molar-refractivity contribution < 1.29 is 19.3 Å². The molecule has 0 radical (unpaired) electrons. The van der Waals surface area contributed by atoms with Gasteiger partial charge in [0.25, 0.3) is 0 Å². The zero-order valence-electron chi connectivity index (χ0n) is 15.1. The van der Waals surface area contributed by atoms with Gasteiger partial charge in [-0.2, -0.15) is 5.10 Å². The Balaban J connectivity index is 1.19. The van der Waals surface area contributed by atoms with E-state index in [-0.39, 0.29) is 12.9 Å². The fraction of sp³-hybridized carbons (Fsp3) is 0.579. The van der Waals surface area contributed by atoms with Crippen LogP contribution >= 0.6 is 0 Å². The average Bonchev–Trinajstić information content (AvgIpc) is 3.40. The zero-order chi connectivity index (χ0) is 18.2. The van der Waals surface area contributed by atoms with Gasteiger partial charge in [0.05, 0.1) is 12.6 Å². The molecule has 2 fully saturated rings. The highest BCUT2D eigenvalue weighted by Gasteiger charge is 2.42. The lowest BCUT2D eigenvalue weighted by Gasteiger charge is -2.35. The lowest BCUT2D eigenvalue weighted by atomic mass is 9.78. The third-order valence-corrected chi connectivity index (χ3v) is 5.90. The van der Waals surface area contributed by atoms with Gasteiger partial charge in [-0.15, -0.1) is 0 Å². The summed E-state index contributed by atoms with van der Waals surface area (Å²) in [5.41, 5.74) is 0. The molecule has 0 amide bonds. The molecule has 8 heteroatoms. The van der Waals surface area contributed by atoms with Crippen LogP contribution in [0.4, 0.5) is 0 Å². The van der Waals surface area contributed by atoms with Crippen LogP contribution in [-0.4, -0.2) is 63.4 Å². The fourth-order valence-electron chi connectivity index (χ4n) is 4.51. The van der Waals surface area contributed by atoms with E-state index < -0.39 is 6.10 Å². The Bertz CT molecular complexity index is 784.